The summed E-state index contributed by atoms with van der Waals surface area (Å²) in [6, 6.07) is 4.55. The molecule has 26 heavy (non-hydrogen) atoms. The molecular formula is C22H31N3O. The van der Waals surface area contributed by atoms with Crippen molar-refractivity contribution >= 4 is 5.84 Å². The van der Waals surface area contributed by atoms with Crippen LogP contribution in [0.25, 0.3) is 0 Å². The normalized spacial score (nSPS) is 22.2. The van der Waals surface area contributed by atoms with Crippen molar-refractivity contribution in [1.82, 2.24) is 10.2 Å². The van der Waals surface area contributed by atoms with Gasteiger partial charge in [0.15, 0.2) is 5.88 Å². The van der Waals surface area contributed by atoms with E-state index in [1.165, 1.54) is 35.1 Å². The number of rotatable bonds is 6. The Morgan fingerprint density at radius 3 is 2.54 bits per heavy atom. The molecule has 140 valence electrons. The standard InChI is InChI=1S/C22H31N3O/c1-7-8-9-10-26-19-13-17(5)23-22-21(24-18(6)25(19)22)20-15(3)11-14(2)12-16(20)4/h11-13,18,21,24H,5,7-10H2,1-4,6H3. The van der Waals surface area contributed by atoms with E-state index < -0.39 is 0 Å². The molecule has 0 amide bonds. The highest BCUT2D eigenvalue weighted by molar-refractivity contribution is 5.94. The highest BCUT2D eigenvalue weighted by Crippen LogP contribution is 2.35. The van der Waals surface area contributed by atoms with E-state index in [-0.39, 0.29) is 12.2 Å². The largest absolute Gasteiger partial charge is 0.479 e. The summed E-state index contributed by atoms with van der Waals surface area (Å²) in [5, 5.41) is 3.70. The van der Waals surface area contributed by atoms with Crippen LogP contribution < -0.4 is 5.32 Å². The van der Waals surface area contributed by atoms with Crippen molar-refractivity contribution in [2.75, 3.05) is 6.61 Å². The highest BCUT2D eigenvalue weighted by atomic mass is 16.5. The van der Waals surface area contributed by atoms with E-state index in [1.807, 2.05) is 6.08 Å². The topological polar surface area (TPSA) is 36.9 Å². The Balaban J connectivity index is 1.89. The smallest absolute Gasteiger partial charge is 0.198 e. The van der Waals surface area contributed by atoms with E-state index in [9.17, 15) is 0 Å². The molecule has 4 heteroatoms. The summed E-state index contributed by atoms with van der Waals surface area (Å²) in [4.78, 5) is 6.97. The summed E-state index contributed by atoms with van der Waals surface area (Å²) in [6.07, 6.45) is 5.53. The van der Waals surface area contributed by atoms with E-state index in [0.717, 1.165) is 30.4 Å². The number of ether oxygens (including phenoxy) is 1. The first-order valence-electron chi connectivity index (χ1n) is 9.67. The second-order valence-electron chi connectivity index (χ2n) is 7.46. The molecule has 0 aliphatic carbocycles. The zero-order valence-electron chi connectivity index (χ0n) is 16.7. The van der Waals surface area contributed by atoms with Crippen molar-refractivity contribution in [2.45, 2.75) is 66.1 Å². The lowest BCUT2D eigenvalue weighted by Gasteiger charge is -2.29. The van der Waals surface area contributed by atoms with Gasteiger partial charge in [-0.15, -0.1) is 0 Å². The first-order chi connectivity index (χ1) is 12.4. The molecule has 0 aromatic heterocycles. The van der Waals surface area contributed by atoms with Gasteiger partial charge in [-0.25, -0.2) is 4.99 Å². The molecule has 2 aliphatic heterocycles. The Morgan fingerprint density at radius 1 is 1.19 bits per heavy atom. The average molecular weight is 354 g/mol. The number of hydrogen-bond donors (Lipinski definition) is 1. The van der Waals surface area contributed by atoms with Crippen LogP contribution in [0.4, 0.5) is 0 Å². The number of nitrogens with zero attached hydrogens (tertiary/aromatic N) is 2. The van der Waals surface area contributed by atoms with E-state index in [0.29, 0.717) is 0 Å². The van der Waals surface area contributed by atoms with Crippen LogP contribution in [0.15, 0.2) is 41.4 Å². The zero-order chi connectivity index (χ0) is 18.8. The maximum atomic E-state index is 6.11. The van der Waals surface area contributed by atoms with E-state index in [4.69, 9.17) is 9.73 Å². The van der Waals surface area contributed by atoms with Crippen LogP contribution >= 0.6 is 0 Å². The molecule has 2 aliphatic rings. The van der Waals surface area contributed by atoms with Gasteiger partial charge in [0.25, 0.3) is 0 Å². The molecular weight excluding hydrogens is 322 g/mol. The lowest BCUT2D eigenvalue weighted by atomic mass is 9.93. The Morgan fingerprint density at radius 2 is 1.88 bits per heavy atom. The molecule has 3 rings (SSSR count). The van der Waals surface area contributed by atoms with Gasteiger partial charge in [0.2, 0.25) is 0 Å². The Hall–Kier alpha value is -2.07. The molecule has 1 saturated heterocycles. The Kier molecular flexibility index (Phi) is 5.52. The SMILES string of the molecule is C=C1C=C(OCCCCC)N2C(=N1)C(c1c(C)cc(C)cc1C)NC2C. The van der Waals surface area contributed by atoms with Gasteiger partial charge in [-0.2, -0.15) is 0 Å². The number of unbranched alkanes of at least 4 members (excludes halogenated alkanes) is 2. The van der Waals surface area contributed by atoms with Crippen molar-refractivity contribution in [3.05, 3.63) is 58.6 Å². The van der Waals surface area contributed by atoms with Crippen molar-refractivity contribution in [1.29, 1.82) is 0 Å². The molecule has 0 saturated carbocycles. The van der Waals surface area contributed by atoms with Crippen molar-refractivity contribution < 1.29 is 4.74 Å². The number of aryl methyl sites for hydroxylation is 3. The molecule has 1 aromatic rings. The maximum Gasteiger partial charge on any atom is 0.198 e. The third-order valence-electron chi connectivity index (χ3n) is 5.11. The van der Waals surface area contributed by atoms with E-state index in [1.54, 1.807) is 0 Å². The summed E-state index contributed by atoms with van der Waals surface area (Å²) >= 11 is 0. The monoisotopic (exact) mass is 353 g/mol. The number of benzene rings is 1. The van der Waals surface area contributed by atoms with Gasteiger partial charge >= 0.3 is 0 Å². The highest BCUT2D eigenvalue weighted by Gasteiger charge is 2.41. The second kappa shape index (κ2) is 7.67. The van der Waals surface area contributed by atoms with Gasteiger partial charge in [-0.3, -0.25) is 10.2 Å². The van der Waals surface area contributed by atoms with Crippen molar-refractivity contribution in [2.24, 2.45) is 4.99 Å². The van der Waals surface area contributed by atoms with Crippen LogP contribution in [0.2, 0.25) is 0 Å². The first kappa shape index (κ1) is 18.7. The molecule has 1 fully saturated rings. The van der Waals surface area contributed by atoms with Gasteiger partial charge in [0.05, 0.1) is 24.5 Å². The predicted octanol–water partition coefficient (Wildman–Crippen LogP) is 4.88. The molecule has 2 unspecified atom stereocenters. The number of hydrogen-bond acceptors (Lipinski definition) is 4. The number of fused-ring (bicyclic) bond motifs is 1. The summed E-state index contributed by atoms with van der Waals surface area (Å²) < 4.78 is 6.11. The van der Waals surface area contributed by atoms with Crippen LogP contribution in [-0.4, -0.2) is 23.5 Å². The summed E-state index contributed by atoms with van der Waals surface area (Å²) in [5.74, 6) is 1.85. The molecule has 0 bridgehead atoms. The van der Waals surface area contributed by atoms with Gasteiger partial charge < -0.3 is 4.74 Å². The van der Waals surface area contributed by atoms with Gasteiger partial charge in [-0.1, -0.05) is 44.0 Å². The number of nitrogens with one attached hydrogen (secondary N) is 1. The summed E-state index contributed by atoms with van der Waals surface area (Å²) in [7, 11) is 0. The van der Waals surface area contributed by atoms with Crippen molar-refractivity contribution in [3.8, 4) is 0 Å². The van der Waals surface area contributed by atoms with Crippen LogP contribution in [0, 0.1) is 20.8 Å². The predicted molar refractivity (Wildman–Crippen MR) is 108 cm³/mol. The molecule has 2 atom stereocenters. The van der Waals surface area contributed by atoms with Crippen LogP contribution in [0.3, 0.4) is 0 Å². The Bertz CT molecular complexity index is 740. The molecule has 0 spiro atoms. The third kappa shape index (κ3) is 3.56. The van der Waals surface area contributed by atoms with Crippen LogP contribution in [0.5, 0.6) is 0 Å². The van der Waals surface area contributed by atoms with Crippen molar-refractivity contribution in [3.63, 3.8) is 0 Å². The molecule has 0 radical (unpaired) electrons. The zero-order valence-corrected chi connectivity index (χ0v) is 16.7. The molecule has 1 aromatic carbocycles. The van der Waals surface area contributed by atoms with Gasteiger partial charge in [0, 0.05) is 6.08 Å². The molecule has 2 heterocycles. The fraction of sp³-hybridized carbons (Fsp3) is 0.500. The lowest BCUT2D eigenvalue weighted by molar-refractivity contribution is 0.129. The fourth-order valence-corrected chi connectivity index (χ4v) is 4.04. The average Bonchev–Trinajstić information content (AvgIpc) is 2.87. The molecule has 4 nitrogen and oxygen atoms in total. The quantitative estimate of drug-likeness (QED) is 0.741. The third-order valence-corrected chi connectivity index (χ3v) is 5.11. The minimum atomic E-state index is 0.0605. The maximum absolute atomic E-state index is 6.11. The summed E-state index contributed by atoms with van der Waals surface area (Å²) in [6.45, 7) is 15.7. The number of amidine groups is 1. The summed E-state index contributed by atoms with van der Waals surface area (Å²) in [5.41, 5.74) is 5.94. The van der Waals surface area contributed by atoms with Crippen LogP contribution in [-0.2, 0) is 4.74 Å². The van der Waals surface area contributed by atoms with Gasteiger partial charge in [0.1, 0.15) is 5.84 Å². The van der Waals surface area contributed by atoms with E-state index >= 15 is 0 Å². The number of allylic oxidation sites excluding steroid dienone is 1. The van der Waals surface area contributed by atoms with Gasteiger partial charge in [-0.05, 0) is 50.8 Å². The first-order valence-corrected chi connectivity index (χ1v) is 9.67. The second-order valence-corrected chi connectivity index (χ2v) is 7.46. The number of aliphatic imine (C=N–C) groups is 1. The molecule has 1 N–H and O–H groups in total. The fourth-order valence-electron chi connectivity index (χ4n) is 4.04. The Labute approximate surface area is 157 Å². The minimum Gasteiger partial charge on any atom is -0.479 e. The minimum absolute atomic E-state index is 0.0605. The lowest BCUT2D eigenvalue weighted by Crippen LogP contribution is -2.36. The van der Waals surface area contributed by atoms with E-state index in [2.05, 4.69) is 63.5 Å². The van der Waals surface area contributed by atoms with Crippen LogP contribution in [0.1, 0.15) is 61.4 Å².